The second-order valence-electron chi connectivity index (χ2n) is 9.47. The Labute approximate surface area is 191 Å². The molecule has 1 N–H and O–H groups in total. The molecule has 0 saturated carbocycles. The van der Waals surface area contributed by atoms with Crippen LogP contribution in [0.5, 0.6) is 0 Å². The Kier molecular flexibility index (Phi) is 7.93. The zero-order chi connectivity index (χ0) is 22.3. The summed E-state index contributed by atoms with van der Waals surface area (Å²) in [5, 5.41) is 3.42. The van der Waals surface area contributed by atoms with E-state index < -0.39 is 0 Å². The van der Waals surface area contributed by atoms with E-state index in [2.05, 4.69) is 39.4 Å². The summed E-state index contributed by atoms with van der Waals surface area (Å²) >= 11 is 0. The van der Waals surface area contributed by atoms with Crippen LogP contribution >= 0.6 is 0 Å². The number of benzene rings is 2. The number of amides is 1. The van der Waals surface area contributed by atoms with E-state index in [1.54, 1.807) is 19.1 Å². The molecule has 0 atom stereocenters. The Morgan fingerprint density at radius 3 is 2.41 bits per heavy atom. The Morgan fingerprint density at radius 2 is 1.72 bits per heavy atom. The molecule has 2 heterocycles. The van der Waals surface area contributed by atoms with E-state index >= 15 is 0 Å². The van der Waals surface area contributed by atoms with Gasteiger partial charge in [0.25, 0.3) is 0 Å². The van der Waals surface area contributed by atoms with E-state index in [4.69, 9.17) is 0 Å². The number of carbonyl (C=O) groups excluding carboxylic acids is 1. The fraction of sp³-hybridized carbons (Fsp3) is 0.519. The average Bonchev–Trinajstić information content (AvgIpc) is 2.82. The fourth-order valence-corrected chi connectivity index (χ4v) is 5.21. The maximum absolute atomic E-state index is 13.2. The molecule has 2 fully saturated rings. The molecule has 2 aromatic carbocycles. The molecule has 2 saturated heterocycles. The molecule has 0 aromatic heterocycles. The predicted octanol–water partition coefficient (Wildman–Crippen LogP) is 4.55. The van der Waals surface area contributed by atoms with Gasteiger partial charge in [0.1, 0.15) is 5.82 Å². The third-order valence-corrected chi connectivity index (χ3v) is 7.15. The molecule has 2 aliphatic rings. The summed E-state index contributed by atoms with van der Waals surface area (Å²) in [7, 11) is 0. The molecule has 1 amide bonds. The lowest BCUT2D eigenvalue weighted by atomic mass is 9.86. The number of piperidine rings is 2. The molecule has 0 bridgehead atoms. The molecule has 0 spiro atoms. The molecule has 4 rings (SSSR count). The minimum atomic E-state index is -0.177. The van der Waals surface area contributed by atoms with Crippen molar-refractivity contribution in [2.75, 3.05) is 32.7 Å². The van der Waals surface area contributed by atoms with Gasteiger partial charge < -0.3 is 10.2 Å². The average molecular weight is 438 g/mol. The molecular formula is C27H36FN3O. The first kappa shape index (κ1) is 22.9. The lowest BCUT2D eigenvalue weighted by Crippen LogP contribution is -2.38. The first-order chi connectivity index (χ1) is 15.6. The van der Waals surface area contributed by atoms with Crippen LogP contribution in [0.3, 0.4) is 0 Å². The van der Waals surface area contributed by atoms with Gasteiger partial charge in [-0.15, -0.1) is 0 Å². The largest absolute Gasteiger partial charge is 0.338 e. The van der Waals surface area contributed by atoms with Crippen LogP contribution in [0.4, 0.5) is 4.39 Å². The number of halogens is 1. The van der Waals surface area contributed by atoms with Crippen LogP contribution in [-0.4, -0.2) is 48.4 Å². The second kappa shape index (κ2) is 11.1. The normalized spacial score (nSPS) is 18.6. The third kappa shape index (κ3) is 6.17. The molecule has 0 unspecified atom stereocenters. The highest BCUT2D eigenvalue weighted by molar-refractivity contribution is 5.73. The van der Waals surface area contributed by atoms with Gasteiger partial charge in [-0.3, -0.25) is 9.69 Å². The molecule has 32 heavy (non-hydrogen) atoms. The van der Waals surface area contributed by atoms with Gasteiger partial charge in [0.2, 0.25) is 5.91 Å². The van der Waals surface area contributed by atoms with Gasteiger partial charge in [0, 0.05) is 26.6 Å². The highest BCUT2D eigenvalue weighted by Crippen LogP contribution is 2.32. The zero-order valence-corrected chi connectivity index (χ0v) is 19.2. The lowest BCUT2D eigenvalue weighted by Gasteiger charge is -2.34. The summed E-state index contributed by atoms with van der Waals surface area (Å²) in [5.74, 6) is 1.13. The monoisotopic (exact) mass is 437 g/mol. The highest BCUT2D eigenvalue weighted by atomic mass is 19.1. The number of likely N-dealkylation sites (tertiary alicyclic amines) is 1. The van der Waals surface area contributed by atoms with Crippen molar-refractivity contribution < 1.29 is 9.18 Å². The maximum Gasteiger partial charge on any atom is 0.219 e. The Hall–Kier alpha value is -2.24. The quantitative estimate of drug-likeness (QED) is 0.690. The third-order valence-electron chi connectivity index (χ3n) is 7.15. The van der Waals surface area contributed by atoms with Crippen LogP contribution in [0, 0.1) is 11.7 Å². The summed E-state index contributed by atoms with van der Waals surface area (Å²) in [5.41, 5.74) is 3.87. The zero-order valence-electron chi connectivity index (χ0n) is 19.2. The van der Waals surface area contributed by atoms with Crippen LogP contribution < -0.4 is 5.32 Å². The number of nitrogens with zero attached hydrogens (tertiary/aromatic N) is 2. The number of carbonyl (C=O) groups is 1. The molecule has 172 valence electrons. The Balaban J connectivity index is 1.37. The van der Waals surface area contributed by atoms with Crippen LogP contribution in [0.1, 0.15) is 55.2 Å². The van der Waals surface area contributed by atoms with Crippen molar-refractivity contribution >= 4 is 5.91 Å². The van der Waals surface area contributed by atoms with Crippen LogP contribution in [0.2, 0.25) is 0 Å². The number of rotatable bonds is 7. The van der Waals surface area contributed by atoms with Crippen LogP contribution in [0.25, 0.3) is 0 Å². The summed E-state index contributed by atoms with van der Waals surface area (Å²) in [6.07, 6.45) is 4.54. The van der Waals surface area contributed by atoms with Gasteiger partial charge >= 0.3 is 0 Å². The van der Waals surface area contributed by atoms with Crippen molar-refractivity contribution in [1.82, 2.24) is 15.1 Å². The summed E-state index contributed by atoms with van der Waals surface area (Å²) in [6.45, 7) is 8.37. The van der Waals surface area contributed by atoms with E-state index in [0.29, 0.717) is 18.4 Å². The minimum absolute atomic E-state index is 0.174. The summed E-state index contributed by atoms with van der Waals surface area (Å²) < 4.78 is 13.2. The van der Waals surface area contributed by atoms with Crippen LogP contribution in [0.15, 0.2) is 48.5 Å². The number of hydrogen-bond acceptors (Lipinski definition) is 3. The van der Waals surface area contributed by atoms with Crippen molar-refractivity contribution in [3.63, 3.8) is 0 Å². The summed E-state index contributed by atoms with van der Waals surface area (Å²) in [6, 6.07) is 15.6. The molecule has 2 aromatic rings. The molecule has 0 aliphatic carbocycles. The van der Waals surface area contributed by atoms with Crippen molar-refractivity contribution in [3.8, 4) is 0 Å². The van der Waals surface area contributed by atoms with Gasteiger partial charge in [0.05, 0.1) is 0 Å². The van der Waals surface area contributed by atoms with Gasteiger partial charge in [-0.2, -0.15) is 0 Å². The van der Waals surface area contributed by atoms with E-state index in [0.717, 1.165) is 65.0 Å². The highest BCUT2D eigenvalue weighted by Gasteiger charge is 2.24. The first-order valence-corrected chi connectivity index (χ1v) is 12.1. The SMILES string of the molecule is CC(=O)N(Cc1ccccc1C1CCN(Cc2ccc(F)cc2)CC1)CC1CCNCC1. The molecule has 2 aliphatic heterocycles. The van der Waals surface area contributed by atoms with Crippen molar-refractivity contribution in [3.05, 3.63) is 71.0 Å². The predicted molar refractivity (Wildman–Crippen MR) is 127 cm³/mol. The van der Waals surface area contributed by atoms with E-state index in [1.807, 2.05) is 12.1 Å². The molecular weight excluding hydrogens is 401 g/mol. The van der Waals surface area contributed by atoms with Crippen molar-refractivity contribution in [1.29, 1.82) is 0 Å². The summed E-state index contributed by atoms with van der Waals surface area (Å²) in [4.78, 5) is 16.9. The van der Waals surface area contributed by atoms with E-state index in [1.165, 1.54) is 16.7 Å². The van der Waals surface area contributed by atoms with Crippen LogP contribution in [-0.2, 0) is 17.9 Å². The van der Waals surface area contributed by atoms with Crippen molar-refractivity contribution in [2.45, 2.75) is 51.6 Å². The standard InChI is InChI=1S/C27H36FN3O/c1-21(32)31(19-23-10-14-29-15-11-23)20-25-4-2-3-5-27(25)24-12-16-30(17-13-24)18-22-6-8-26(28)9-7-22/h2-9,23-24,29H,10-20H2,1H3. The topological polar surface area (TPSA) is 35.6 Å². The van der Waals surface area contributed by atoms with E-state index in [9.17, 15) is 9.18 Å². The van der Waals surface area contributed by atoms with Crippen molar-refractivity contribution in [2.24, 2.45) is 5.92 Å². The van der Waals surface area contributed by atoms with Gasteiger partial charge in [-0.25, -0.2) is 4.39 Å². The second-order valence-corrected chi connectivity index (χ2v) is 9.47. The maximum atomic E-state index is 13.2. The Morgan fingerprint density at radius 1 is 1.03 bits per heavy atom. The van der Waals surface area contributed by atoms with Gasteiger partial charge in [0.15, 0.2) is 0 Å². The number of nitrogens with one attached hydrogen (secondary N) is 1. The van der Waals surface area contributed by atoms with E-state index in [-0.39, 0.29) is 11.7 Å². The fourth-order valence-electron chi connectivity index (χ4n) is 5.21. The molecule has 5 heteroatoms. The molecule has 0 radical (unpaired) electrons. The van der Waals surface area contributed by atoms with Gasteiger partial charge in [-0.05, 0) is 92.5 Å². The molecule has 4 nitrogen and oxygen atoms in total. The van der Waals surface area contributed by atoms with Gasteiger partial charge in [-0.1, -0.05) is 36.4 Å². The minimum Gasteiger partial charge on any atom is -0.338 e. The first-order valence-electron chi connectivity index (χ1n) is 12.1. The Bertz CT molecular complexity index is 871. The lowest BCUT2D eigenvalue weighted by molar-refractivity contribution is -0.130. The smallest absolute Gasteiger partial charge is 0.219 e. The number of hydrogen-bond donors (Lipinski definition) is 1.